The van der Waals surface area contributed by atoms with Crippen molar-refractivity contribution in [3.63, 3.8) is 0 Å². The summed E-state index contributed by atoms with van der Waals surface area (Å²) < 4.78 is 27.5. The minimum atomic E-state index is -3.60. The fourth-order valence-corrected chi connectivity index (χ4v) is 5.25. The van der Waals surface area contributed by atoms with Gasteiger partial charge in [0.15, 0.2) is 5.13 Å². The van der Waals surface area contributed by atoms with Crippen molar-refractivity contribution < 1.29 is 13.2 Å². The number of nitrogens with one attached hydrogen (secondary N) is 1. The minimum absolute atomic E-state index is 0.144. The van der Waals surface area contributed by atoms with Crippen LogP contribution in [0.15, 0.2) is 40.7 Å². The van der Waals surface area contributed by atoms with E-state index in [2.05, 4.69) is 10.3 Å². The van der Waals surface area contributed by atoms with Crippen LogP contribution < -0.4 is 5.32 Å². The fourth-order valence-electron chi connectivity index (χ4n) is 3.01. The lowest BCUT2D eigenvalue weighted by Crippen LogP contribution is -2.45. The Hall–Kier alpha value is -1.77. The van der Waals surface area contributed by atoms with Crippen molar-refractivity contribution in [3.8, 4) is 0 Å². The Morgan fingerprint density at radius 1 is 1.32 bits per heavy atom. The third-order valence-electron chi connectivity index (χ3n) is 4.30. The molecule has 2 heterocycles. The Bertz CT molecular complexity index is 817. The molecule has 8 heteroatoms. The van der Waals surface area contributed by atoms with E-state index in [4.69, 9.17) is 0 Å². The summed E-state index contributed by atoms with van der Waals surface area (Å²) in [4.78, 5) is 16.6. The highest BCUT2D eigenvalue weighted by Gasteiger charge is 2.34. The molecule has 1 N–H and O–H groups in total. The Morgan fingerprint density at radius 2 is 2.08 bits per heavy atom. The lowest BCUT2D eigenvalue weighted by molar-refractivity contribution is -0.117. The maximum Gasteiger partial charge on any atom is 0.243 e. The van der Waals surface area contributed by atoms with Crippen LogP contribution in [0, 0.1) is 6.92 Å². The monoisotopic (exact) mass is 379 g/mol. The molecule has 3 rings (SSSR count). The summed E-state index contributed by atoms with van der Waals surface area (Å²) in [6.45, 7) is 2.37. The van der Waals surface area contributed by atoms with Gasteiger partial charge in [0.2, 0.25) is 15.9 Å². The Morgan fingerprint density at radius 3 is 2.76 bits per heavy atom. The van der Waals surface area contributed by atoms with E-state index in [1.807, 2.05) is 6.92 Å². The number of nitrogens with zero attached hydrogens (tertiary/aromatic N) is 2. The van der Waals surface area contributed by atoms with Gasteiger partial charge in [0, 0.05) is 30.6 Å². The van der Waals surface area contributed by atoms with Crippen molar-refractivity contribution in [3.05, 3.63) is 41.4 Å². The van der Waals surface area contributed by atoms with E-state index < -0.39 is 10.0 Å². The normalized spacial score (nSPS) is 18.8. The van der Waals surface area contributed by atoms with Crippen molar-refractivity contribution in [1.82, 2.24) is 9.29 Å². The number of piperidine rings is 1. The number of sulfonamides is 1. The molecule has 0 aliphatic carbocycles. The zero-order chi connectivity index (χ0) is 17.9. The second-order valence-corrected chi connectivity index (χ2v) is 8.95. The SMILES string of the molecule is Cc1ccc(S(=O)(=O)N2CCCC[C@@H]2CC(=O)Nc2nccs2)cc1. The van der Waals surface area contributed by atoms with Crippen molar-refractivity contribution in [2.24, 2.45) is 0 Å². The second-order valence-electron chi connectivity index (χ2n) is 6.17. The molecule has 1 aromatic carbocycles. The minimum Gasteiger partial charge on any atom is -0.302 e. The van der Waals surface area contributed by atoms with Crippen molar-refractivity contribution in [1.29, 1.82) is 0 Å². The molecule has 1 saturated heterocycles. The van der Waals surface area contributed by atoms with Gasteiger partial charge in [-0.1, -0.05) is 24.1 Å². The van der Waals surface area contributed by atoms with Crippen LogP contribution in [0.3, 0.4) is 0 Å². The van der Waals surface area contributed by atoms with Crippen LogP contribution in [0.25, 0.3) is 0 Å². The quantitative estimate of drug-likeness (QED) is 0.866. The second kappa shape index (κ2) is 7.63. The van der Waals surface area contributed by atoms with Crippen molar-refractivity contribution in [2.75, 3.05) is 11.9 Å². The van der Waals surface area contributed by atoms with E-state index in [1.54, 1.807) is 35.8 Å². The molecule has 1 aliphatic rings. The third kappa shape index (κ3) is 4.26. The number of carbonyl (C=O) groups excluding carboxylic acids is 1. The molecule has 0 unspecified atom stereocenters. The summed E-state index contributed by atoms with van der Waals surface area (Å²) in [7, 11) is -3.60. The summed E-state index contributed by atoms with van der Waals surface area (Å²) in [6, 6.07) is 6.53. The molecule has 134 valence electrons. The molecule has 0 saturated carbocycles. The molecule has 25 heavy (non-hydrogen) atoms. The first-order valence-electron chi connectivity index (χ1n) is 8.24. The Labute approximate surface area is 151 Å². The zero-order valence-electron chi connectivity index (χ0n) is 14.0. The van der Waals surface area contributed by atoms with Gasteiger partial charge in [-0.05, 0) is 31.9 Å². The molecule has 1 atom stereocenters. The summed E-state index contributed by atoms with van der Waals surface area (Å²) >= 11 is 1.34. The van der Waals surface area contributed by atoms with E-state index in [-0.39, 0.29) is 23.3 Å². The van der Waals surface area contributed by atoms with Gasteiger partial charge < -0.3 is 5.32 Å². The number of carbonyl (C=O) groups is 1. The third-order valence-corrected chi connectivity index (χ3v) is 6.95. The van der Waals surface area contributed by atoms with Crippen LogP contribution in [-0.2, 0) is 14.8 Å². The molecule has 6 nitrogen and oxygen atoms in total. The smallest absolute Gasteiger partial charge is 0.243 e. The molecule has 0 radical (unpaired) electrons. The van der Waals surface area contributed by atoms with Gasteiger partial charge >= 0.3 is 0 Å². The molecule has 1 fully saturated rings. The lowest BCUT2D eigenvalue weighted by Gasteiger charge is -2.34. The number of hydrogen-bond donors (Lipinski definition) is 1. The van der Waals surface area contributed by atoms with Crippen molar-refractivity contribution in [2.45, 2.75) is 43.5 Å². The van der Waals surface area contributed by atoms with E-state index in [9.17, 15) is 13.2 Å². The number of rotatable bonds is 5. The van der Waals surface area contributed by atoms with E-state index in [0.717, 1.165) is 18.4 Å². The maximum atomic E-state index is 13.0. The van der Waals surface area contributed by atoms with Crippen LogP contribution in [0.4, 0.5) is 5.13 Å². The van der Waals surface area contributed by atoms with Gasteiger partial charge in [-0.25, -0.2) is 13.4 Å². The Kier molecular flexibility index (Phi) is 5.51. The van der Waals surface area contributed by atoms with Crippen LogP contribution >= 0.6 is 11.3 Å². The molecular formula is C17H21N3O3S2. The van der Waals surface area contributed by atoms with E-state index >= 15 is 0 Å². The topological polar surface area (TPSA) is 79.4 Å². The number of anilines is 1. The highest BCUT2D eigenvalue weighted by Crippen LogP contribution is 2.27. The van der Waals surface area contributed by atoms with Crippen LogP contribution in [0.5, 0.6) is 0 Å². The zero-order valence-corrected chi connectivity index (χ0v) is 15.6. The maximum absolute atomic E-state index is 13.0. The number of hydrogen-bond acceptors (Lipinski definition) is 5. The van der Waals surface area contributed by atoms with E-state index in [0.29, 0.717) is 18.1 Å². The van der Waals surface area contributed by atoms with Crippen molar-refractivity contribution >= 4 is 32.4 Å². The van der Waals surface area contributed by atoms with Gasteiger partial charge in [-0.3, -0.25) is 4.79 Å². The number of aryl methyl sites for hydroxylation is 1. The number of benzene rings is 1. The number of amides is 1. The average molecular weight is 380 g/mol. The molecule has 1 amide bonds. The predicted octanol–water partition coefficient (Wildman–Crippen LogP) is 3.02. The van der Waals surface area contributed by atoms with Gasteiger partial charge in [0.05, 0.1) is 4.90 Å². The first-order chi connectivity index (χ1) is 12.0. The average Bonchev–Trinajstić information content (AvgIpc) is 3.08. The van der Waals surface area contributed by atoms with Gasteiger partial charge in [-0.15, -0.1) is 11.3 Å². The number of aromatic nitrogens is 1. The van der Waals surface area contributed by atoms with E-state index in [1.165, 1.54) is 15.6 Å². The molecule has 2 aromatic rings. The molecule has 0 spiro atoms. The van der Waals surface area contributed by atoms with Gasteiger partial charge in [-0.2, -0.15) is 4.31 Å². The molecular weight excluding hydrogens is 358 g/mol. The first-order valence-corrected chi connectivity index (χ1v) is 10.6. The highest BCUT2D eigenvalue weighted by atomic mass is 32.2. The summed E-state index contributed by atoms with van der Waals surface area (Å²) in [6.07, 6.45) is 4.20. The fraction of sp³-hybridized carbons (Fsp3) is 0.412. The van der Waals surface area contributed by atoms with Crippen LogP contribution in [-0.4, -0.2) is 36.2 Å². The highest BCUT2D eigenvalue weighted by molar-refractivity contribution is 7.89. The lowest BCUT2D eigenvalue weighted by atomic mass is 10.0. The predicted molar refractivity (Wildman–Crippen MR) is 98.1 cm³/mol. The first kappa shape index (κ1) is 18.0. The Balaban J connectivity index is 1.76. The standard InChI is InChI=1S/C17H21N3O3S2/c1-13-5-7-15(8-6-13)25(22,23)20-10-3-2-4-14(20)12-16(21)19-17-18-9-11-24-17/h5-9,11,14H,2-4,10,12H2,1H3,(H,18,19,21)/t14-/m1/s1. The molecule has 1 aromatic heterocycles. The number of thiazole rings is 1. The van der Waals surface area contributed by atoms with Crippen LogP contribution in [0.2, 0.25) is 0 Å². The van der Waals surface area contributed by atoms with Gasteiger partial charge in [0.25, 0.3) is 0 Å². The molecule has 1 aliphatic heterocycles. The largest absolute Gasteiger partial charge is 0.302 e. The van der Waals surface area contributed by atoms with Crippen LogP contribution in [0.1, 0.15) is 31.2 Å². The molecule has 0 bridgehead atoms. The summed E-state index contributed by atoms with van der Waals surface area (Å²) in [5, 5.41) is 5.05. The summed E-state index contributed by atoms with van der Waals surface area (Å²) in [5.41, 5.74) is 1.01. The van der Waals surface area contributed by atoms with Gasteiger partial charge in [0.1, 0.15) is 0 Å². The summed E-state index contributed by atoms with van der Waals surface area (Å²) in [5.74, 6) is -0.203.